The first kappa shape index (κ1) is 86.9. The van der Waals surface area contributed by atoms with Crippen molar-refractivity contribution in [2.45, 2.75) is 347 Å². The molecule has 2 N–H and O–H groups in total. The first-order valence-corrected chi connectivity index (χ1v) is 39.4. The van der Waals surface area contributed by atoms with Crippen molar-refractivity contribution in [1.29, 1.82) is 0 Å². The average molecular weight is 1270 g/mol. The molecule has 90 heavy (non-hydrogen) atoms. The van der Waals surface area contributed by atoms with E-state index in [2.05, 4.69) is 129 Å². The van der Waals surface area contributed by atoms with Gasteiger partial charge in [-0.3, -0.25) is 9.36 Å². The van der Waals surface area contributed by atoms with Crippen molar-refractivity contribution >= 4 is 13.7 Å². The summed E-state index contributed by atoms with van der Waals surface area (Å²) >= 11 is 0. The van der Waals surface area contributed by atoms with E-state index >= 15 is 0 Å². The number of phosphoric acid groups is 1. The van der Waals surface area contributed by atoms with E-state index in [1.807, 2.05) is 27.2 Å². The Morgan fingerprint density at radius 2 is 0.689 bits per heavy atom. The molecular weight excluding hydrogens is 1130 g/mol. The van der Waals surface area contributed by atoms with Crippen molar-refractivity contribution in [2.75, 3.05) is 40.9 Å². The van der Waals surface area contributed by atoms with Crippen LogP contribution in [0.5, 0.6) is 0 Å². The highest BCUT2D eigenvalue weighted by atomic mass is 31.2. The zero-order valence-corrected chi connectivity index (χ0v) is 60.5. The molecule has 0 aliphatic rings. The molecule has 0 heterocycles. The SMILES string of the molecule is CC/C=C\C/C=C\C/C=C\C/C=C\C/C=C\C/C=C\C/C=C\CCCCCCCCCCCCCCCCCCCCCC(=O)NC(COP(=O)([O-])OCC[N+](C)(C)C)C(O)/C=C/CC/C=C/CC/C=C/CCCCCCCCCCCCCCCCCCC. The lowest BCUT2D eigenvalue weighted by Crippen LogP contribution is -2.45. The minimum absolute atomic E-state index is 0.0118. The van der Waals surface area contributed by atoms with Crippen molar-refractivity contribution < 1.29 is 32.9 Å². The molecule has 0 aromatic carbocycles. The summed E-state index contributed by atoms with van der Waals surface area (Å²) in [6.45, 7) is 4.54. The lowest BCUT2D eigenvalue weighted by molar-refractivity contribution is -0.870. The fourth-order valence-corrected chi connectivity index (χ4v) is 11.5. The molecule has 0 saturated carbocycles. The monoisotopic (exact) mass is 1270 g/mol. The van der Waals surface area contributed by atoms with E-state index in [1.165, 1.54) is 225 Å². The number of carbonyl (C=O) groups excluding carboxylic acids is 1. The minimum atomic E-state index is -4.62. The molecule has 0 radical (unpaired) electrons. The van der Waals surface area contributed by atoms with Crippen LogP contribution in [0.1, 0.15) is 335 Å². The van der Waals surface area contributed by atoms with Crippen LogP contribution in [0, 0.1) is 0 Å². The van der Waals surface area contributed by atoms with Crippen LogP contribution in [-0.4, -0.2) is 68.5 Å². The maximum Gasteiger partial charge on any atom is 0.268 e. The summed E-state index contributed by atoms with van der Waals surface area (Å²) < 4.78 is 23.5. The number of quaternary nitrogens is 1. The van der Waals surface area contributed by atoms with Crippen LogP contribution in [0.15, 0.2) is 122 Å². The number of carbonyl (C=O) groups is 1. The van der Waals surface area contributed by atoms with Crippen LogP contribution in [-0.2, 0) is 18.4 Å². The third-order valence-corrected chi connectivity index (χ3v) is 17.6. The number of nitrogens with one attached hydrogen (secondary N) is 1. The molecule has 8 nitrogen and oxygen atoms in total. The normalized spacial score (nSPS) is 14.3. The Hall–Kier alpha value is -3.10. The number of hydrogen-bond acceptors (Lipinski definition) is 6. The second kappa shape index (κ2) is 70.2. The van der Waals surface area contributed by atoms with E-state index in [0.29, 0.717) is 17.4 Å². The molecule has 0 fully saturated rings. The number of rotatable bonds is 69. The Morgan fingerprint density at radius 3 is 1.03 bits per heavy atom. The molecule has 0 rings (SSSR count). The predicted molar refractivity (Wildman–Crippen MR) is 394 cm³/mol. The Labute approximate surface area is 558 Å². The molecule has 0 aromatic heterocycles. The molecule has 0 aromatic rings. The summed E-state index contributed by atoms with van der Waals surface area (Å²) in [5, 5.41) is 14.0. The highest BCUT2D eigenvalue weighted by Crippen LogP contribution is 2.38. The van der Waals surface area contributed by atoms with Gasteiger partial charge in [-0.1, -0.05) is 347 Å². The summed E-state index contributed by atoms with van der Waals surface area (Å²) in [6, 6.07) is -0.917. The molecule has 0 aliphatic heterocycles. The number of unbranched alkanes of at least 4 members (excludes halogenated alkanes) is 38. The van der Waals surface area contributed by atoms with Gasteiger partial charge in [0.25, 0.3) is 7.82 Å². The standard InChI is InChI=1S/C81H145N2O6P/c1-6-8-10-12-14-16-18-20-22-24-26-28-30-32-34-35-36-37-38-39-40-41-42-43-44-45-46-47-49-51-53-55-57-59-61-63-65-67-69-71-73-75-81(85)82-79(78-89-90(86,87)88-77-76-83(3,4)5)80(84)74-72-70-68-66-64-62-60-58-56-54-52-50-48-33-31-29-27-25-23-21-19-17-15-13-11-9-7-2/h8,10,14,16,20,22,26,28,32,34,36-37,39-40,56,58,64,66,72,74,79-80,84H,6-7,9,11-13,15,17-19,21,23-25,27,29-31,33,35,38,41-55,57,59-63,65,67-71,73,75-78H2,1-5H3,(H-,82,85,86,87)/b10-8-,16-14-,22-20-,28-26-,34-32-,37-36-,40-39-,58-56+,66-64+,74-72+. The van der Waals surface area contributed by atoms with Gasteiger partial charge < -0.3 is 28.8 Å². The summed E-state index contributed by atoms with van der Waals surface area (Å²) in [5.74, 6) is -0.210. The topological polar surface area (TPSA) is 108 Å². The van der Waals surface area contributed by atoms with Crippen molar-refractivity contribution in [3.8, 4) is 0 Å². The average Bonchev–Trinajstić information content (AvgIpc) is 3.09. The fraction of sp³-hybridized carbons (Fsp3) is 0.741. The summed E-state index contributed by atoms with van der Waals surface area (Å²) in [6.07, 6.45) is 105. The second-order valence-corrected chi connectivity index (χ2v) is 28.0. The van der Waals surface area contributed by atoms with Crippen molar-refractivity contribution in [3.05, 3.63) is 122 Å². The number of allylic oxidation sites excluding steroid dienone is 19. The second-order valence-electron chi connectivity index (χ2n) is 26.6. The number of phosphoric ester groups is 1. The van der Waals surface area contributed by atoms with E-state index in [1.54, 1.807) is 6.08 Å². The van der Waals surface area contributed by atoms with Crippen LogP contribution in [0.2, 0.25) is 0 Å². The Morgan fingerprint density at radius 1 is 0.400 bits per heavy atom. The highest BCUT2D eigenvalue weighted by molar-refractivity contribution is 7.45. The van der Waals surface area contributed by atoms with Gasteiger partial charge in [0.05, 0.1) is 39.9 Å². The number of amides is 1. The first-order valence-electron chi connectivity index (χ1n) is 37.9. The molecule has 0 aliphatic carbocycles. The quantitative estimate of drug-likeness (QED) is 0.0272. The molecule has 1 amide bonds. The van der Waals surface area contributed by atoms with Gasteiger partial charge in [-0.05, 0) is 103 Å². The van der Waals surface area contributed by atoms with Gasteiger partial charge in [-0.15, -0.1) is 0 Å². The van der Waals surface area contributed by atoms with Crippen LogP contribution < -0.4 is 10.2 Å². The maximum absolute atomic E-state index is 13.1. The third kappa shape index (κ3) is 72.3. The van der Waals surface area contributed by atoms with Crippen LogP contribution in [0.25, 0.3) is 0 Å². The summed E-state index contributed by atoms with van der Waals surface area (Å²) in [4.78, 5) is 25.7. The Kier molecular flexibility index (Phi) is 67.8. The first-order chi connectivity index (χ1) is 44.0. The lowest BCUT2D eigenvalue weighted by atomic mass is 10.0. The van der Waals surface area contributed by atoms with Crippen molar-refractivity contribution in [1.82, 2.24) is 5.32 Å². The van der Waals surface area contributed by atoms with E-state index < -0.39 is 26.6 Å². The van der Waals surface area contributed by atoms with E-state index in [0.717, 1.165) is 89.9 Å². The largest absolute Gasteiger partial charge is 0.756 e. The molecule has 9 heteroatoms. The van der Waals surface area contributed by atoms with Crippen LogP contribution >= 0.6 is 7.82 Å². The number of nitrogens with zero attached hydrogens (tertiary/aromatic N) is 1. The smallest absolute Gasteiger partial charge is 0.268 e. The van der Waals surface area contributed by atoms with Gasteiger partial charge >= 0.3 is 0 Å². The number of aliphatic hydroxyl groups excluding tert-OH is 1. The highest BCUT2D eigenvalue weighted by Gasteiger charge is 2.23. The van der Waals surface area contributed by atoms with Gasteiger partial charge in [0.1, 0.15) is 13.2 Å². The van der Waals surface area contributed by atoms with Gasteiger partial charge in [-0.25, -0.2) is 0 Å². The molecular formula is C81H145N2O6P. The molecule has 0 spiro atoms. The summed E-state index contributed by atoms with van der Waals surface area (Å²) in [5.41, 5.74) is 0. The van der Waals surface area contributed by atoms with Crippen molar-refractivity contribution in [2.24, 2.45) is 0 Å². The maximum atomic E-state index is 13.1. The van der Waals surface area contributed by atoms with Gasteiger partial charge in [0, 0.05) is 6.42 Å². The van der Waals surface area contributed by atoms with Crippen molar-refractivity contribution in [3.63, 3.8) is 0 Å². The van der Waals surface area contributed by atoms with Gasteiger partial charge in [-0.2, -0.15) is 0 Å². The molecule has 520 valence electrons. The van der Waals surface area contributed by atoms with E-state index in [9.17, 15) is 19.4 Å². The lowest BCUT2D eigenvalue weighted by Gasteiger charge is -2.29. The van der Waals surface area contributed by atoms with E-state index in [4.69, 9.17) is 9.05 Å². The zero-order chi connectivity index (χ0) is 65.5. The number of likely N-dealkylation sites (N-methyl/N-ethyl adjacent to an activating group) is 1. The number of hydrogen-bond donors (Lipinski definition) is 2. The molecule has 0 saturated heterocycles. The Bertz CT molecular complexity index is 1890. The van der Waals surface area contributed by atoms with Gasteiger partial charge in [0.15, 0.2) is 0 Å². The van der Waals surface area contributed by atoms with Gasteiger partial charge in [0.2, 0.25) is 5.91 Å². The Balaban J connectivity index is 4.05. The molecule has 3 unspecified atom stereocenters. The summed E-state index contributed by atoms with van der Waals surface area (Å²) in [7, 11) is 1.24. The zero-order valence-electron chi connectivity index (χ0n) is 59.6. The molecule has 0 bridgehead atoms. The predicted octanol–water partition coefficient (Wildman–Crippen LogP) is 24.1. The van der Waals surface area contributed by atoms with Crippen LogP contribution in [0.4, 0.5) is 0 Å². The van der Waals surface area contributed by atoms with Crippen LogP contribution in [0.3, 0.4) is 0 Å². The minimum Gasteiger partial charge on any atom is -0.756 e. The fourth-order valence-electron chi connectivity index (χ4n) is 10.8. The third-order valence-electron chi connectivity index (χ3n) is 16.6. The molecule has 3 atom stereocenters. The number of aliphatic hydroxyl groups is 1. The van der Waals surface area contributed by atoms with E-state index in [-0.39, 0.29) is 12.5 Å².